The first-order valence-electron chi connectivity index (χ1n) is 6.23. The summed E-state index contributed by atoms with van der Waals surface area (Å²) in [5.41, 5.74) is 0. The fourth-order valence-electron chi connectivity index (χ4n) is 2.17. The van der Waals surface area contributed by atoms with Gasteiger partial charge in [0, 0.05) is 37.5 Å². The van der Waals surface area contributed by atoms with E-state index in [-0.39, 0.29) is 0 Å². The van der Waals surface area contributed by atoms with Crippen molar-refractivity contribution in [3.8, 4) is 0 Å². The Balaban J connectivity index is 1.60. The van der Waals surface area contributed by atoms with Gasteiger partial charge in [-0.3, -0.25) is 0 Å². The van der Waals surface area contributed by atoms with Crippen molar-refractivity contribution in [1.29, 1.82) is 0 Å². The normalized spacial score (nSPS) is 19.2. The maximum absolute atomic E-state index is 5.39. The number of anilines is 1. The number of imidazole rings is 1. The van der Waals surface area contributed by atoms with Crippen LogP contribution in [0.3, 0.4) is 0 Å². The monoisotopic (exact) mass is 247 g/mol. The van der Waals surface area contributed by atoms with E-state index in [0.717, 1.165) is 37.8 Å². The molecule has 0 radical (unpaired) electrons. The molecule has 2 aromatic heterocycles. The molecule has 1 saturated heterocycles. The number of hydrogen-bond acceptors (Lipinski definition) is 4. The minimum absolute atomic E-state index is 0.578. The Morgan fingerprint density at radius 3 is 3.28 bits per heavy atom. The van der Waals surface area contributed by atoms with Crippen LogP contribution >= 0.6 is 0 Å². The van der Waals surface area contributed by atoms with Crippen molar-refractivity contribution in [2.45, 2.75) is 19.5 Å². The number of rotatable bonds is 5. The fraction of sp³-hybridized carbons (Fsp3) is 0.500. The second-order valence-corrected chi connectivity index (χ2v) is 4.52. The SMILES string of the molecule is c1c[nH]c(CNc2ccnn2CC2CCOC2)n1. The third-order valence-corrected chi connectivity index (χ3v) is 3.16. The molecule has 0 aromatic carbocycles. The first-order chi connectivity index (χ1) is 8.92. The fourth-order valence-corrected chi connectivity index (χ4v) is 2.17. The second kappa shape index (κ2) is 5.22. The highest BCUT2D eigenvalue weighted by atomic mass is 16.5. The Morgan fingerprint density at radius 1 is 1.50 bits per heavy atom. The van der Waals surface area contributed by atoms with Gasteiger partial charge in [0.15, 0.2) is 0 Å². The molecule has 0 saturated carbocycles. The van der Waals surface area contributed by atoms with Gasteiger partial charge in [-0.15, -0.1) is 0 Å². The van der Waals surface area contributed by atoms with Crippen molar-refractivity contribution in [3.63, 3.8) is 0 Å². The number of ether oxygens (including phenoxy) is 1. The number of H-pyrrole nitrogens is 1. The van der Waals surface area contributed by atoms with E-state index in [1.165, 1.54) is 0 Å². The van der Waals surface area contributed by atoms with Gasteiger partial charge in [0.05, 0.1) is 19.3 Å². The van der Waals surface area contributed by atoms with Gasteiger partial charge in [-0.1, -0.05) is 0 Å². The van der Waals surface area contributed by atoms with Crippen molar-refractivity contribution in [1.82, 2.24) is 19.7 Å². The van der Waals surface area contributed by atoms with Crippen LogP contribution in [0.2, 0.25) is 0 Å². The largest absolute Gasteiger partial charge is 0.381 e. The lowest BCUT2D eigenvalue weighted by atomic mass is 10.1. The Bertz CT molecular complexity index is 472. The van der Waals surface area contributed by atoms with Gasteiger partial charge in [-0.25, -0.2) is 9.67 Å². The first-order valence-corrected chi connectivity index (χ1v) is 6.23. The van der Waals surface area contributed by atoms with Crippen molar-refractivity contribution < 1.29 is 4.74 Å². The maximum Gasteiger partial charge on any atom is 0.125 e. The summed E-state index contributed by atoms with van der Waals surface area (Å²) >= 11 is 0. The molecule has 18 heavy (non-hydrogen) atoms. The van der Waals surface area contributed by atoms with Gasteiger partial charge in [0.25, 0.3) is 0 Å². The highest BCUT2D eigenvalue weighted by Gasteiger charge is 2.17. The Kier molecular flexibility index (Phi) is 3.27. The zero-order chi connectivity index (χ0) is 12.2. The molecule has 0 amide bonds. The molecule has 0 aliphatic carbocycles. The van der Waals surface area contributed by atoms with E-state index < -0.39 is 0 Å². The van der Waals surface area contributed by atoms with Gasteiger partial charge in [0.1, 0.15) is 11.6 Å². The lowest BCUT2D eigenvalue weighted by Gasteiger charge is -2.12. The predicted molar refractivity (Wildman–Crippen MR) is 67.1 cm³/mol. The number of nitrogens with one attached hydrogen (secondary N) is 2. The average molecular weight is 247 g/mol. The summed E-state index contributed by atoms with van der Waals surface area (Å²) in [6.45, 7) is 3.31. The van der Waals surface area contributed by atoms with Crippen molar-refractivity contribution >= 4 is 5.82 Å². The summed E-state index contributed by atoms with van der Waals surface area (Å²) in [4.78, 5) is 7.25. The zero-order valence-corrected chi connectivity index (χ0v) is 10.2. The molecule has 2 N–H and O–H groups in total. The summed E-state index contributed by atoms with van der Waals surface area (Å²) in [5.74, 6) is 2.53. The molecule has 6 heteroatoms. The quantitative estimate of drug-likeness (QED) is 0.834. The summed E-state index contributed by atoms with van der Waals surface area (Å²) in [6.07, 6.45) is 6.52. The van der Waals surface area contributed by atoms with Crippen LogP contribution in [0.1, 0.15) is 12.2 Å². The lowest BCUT2D eigenvalue weighted by molar-refractivity contribution is 0.181. The van der Waals surface area contributed by atoms with Gasteiger partial charge in [-0.2, -0.15) is 5.10 Å². The standard InChI is InChI=1S/C12H17N5O/c1-3-16-17(8-10-2-6-18-9-10)12(1)15-7-11-13-4-5-14-11/h1,3-5,10,15H,2,6-9H2,(H,13,14). The number of hydrogen-bond donors (Lipinski definition) is 2. The van der Waals surface area contributed by atoms with Crippen molar-refractivity contribution in [2.24, 2.45) is 5.92 Å². The van der Waals surface area contributed by atoms with Gasteiger partial charge in [-0.05, 0) is 6.42 Å². The Labute approximate surface area is 105 Å². The number of aromatic amines is 1. The number of nitrogens with zero attached hydrogens (tertiary/aromatic N) is 3. The van der Waals surface area contributed by atoms with Crippen LogP contribution in [0.5, 0.6) is 0 Å². The van der Waals surface area contributed by atoms with E-state index in [4.69, 9.17) is 4.74 Å². The molecular weight excluding hydrogens is 230 g/mol. The Hall–Kier alpha value is -1.82. The van der Waals surface area contributed by atoms with Gasteiger partial charge in [0.2, 0.25) is 0 Å². The van der Waals surface area contributed by atoms with E-state index in [0.29, 0.717) is 12.5 Å². The molecular formula is C12H17N5O. The van der Waals surface area contributed by atoms with Crippen LogP contribution in [0.4, 0.5) is 5.82 Å². The molecule has 0 spiro atoms. The van der Waals surface area contributed by atoms with E-state index >= 15 is 0 Å². The minimum atomic E-state index is 0.578. The molecule has 2 aromatic rings. The summed E-state index contributed by atoms with van der Waals surface area (Å²) in [6, 6.07) is 1.98. The van der Waals surface area contributed by atoms with E-state index in [1.54, 1.807) is 6.20 Å². The molecule has 3 rings (SSSR count). The maximum atomic E-state index is 5.39. The molecule has 96 valence electrons. The molecule has 3 heterocycles. The van der Waals surface area contributed by atoms with Crippen LogP contribution in [0.25, 0.3) is 0 Å². The summed E-state index contributed by atoms with van der Waals surface area (Å²) < 4.78 is 7.39. The van der Waals surface area contributed by atoms with Crippen LogP contribution in [-0.2, 0) is 17.8 Å². The molecule has 1 unspecified atom stereocenters. The predicted octanol–water partition coefficient (Wildman–Crippen LogP) is 1.25. The second-order valence-electron chi connectivity index (χ2n) is 4.52. The molecule has 6 nitrogen and oxygen atoms in total. The zero-order valence-electron chi connectivity index (χ0n) is 10.2. The summed E-state index contributed by atoms with van der Waals surface area (Å²) in [7, 11) is 0. The molecule has 0 bridgehead atoms. The first kappa shape index (κ1) is 11.3. The highest BCUT2D eigenvalue weighted by Crippen LogP contribution is 2.17. The summed E-state index contributed by atoms with van der Waals surface area (Å²) in [5, 5.41) is 7.68. The average Bonchev–Trinajstić information content (AvgIpc) is 3.10. The van der Waals surface area contributed by atoms with Crippen LogP contribution < -0.4 is 5.32 Å². The highest BCUT2D eigenvalue weighted by molar-refractivity contribution is 5.33. The molecule has 1 aliphatic rings. The number of aromatic nitrogens is 4. The lowest BCUT2D eigenvalue weighted by Crippen LogP contribution is -2.15. The molecule has 1 atom stereocenters. The minimum Gasteiger partial charge on any atom is -0.381 e. The van der Waals surface area contributed by atoms with Crippen molar-refractivity contribution in [3.05, 3.63) is 30.5 Å². The topological polar surface area (TPSA) is 67.8 Å². The van der Waals surface area contributed by atoms with Crippen LogP contribution in [0.15, 0.2) is 24.7 Å². The molecule has 1 fully saturated rings. The third-order valence-electron chi connectivity index (χ3n) is 3.16. The third kappa shape index (κ3) is 2.53. The van der Waals surface area contributed by atoms with E-state index in [1.807, 2.05) is 23.1 Å². The van der Waals surface area contributed by atoms with Crippen LogP contribution in [0, 0.1) is 5.92 Å². The smallest absolute Gasteiger partial charge is 0.125 e. The van der Waals surface area contributed by atoms with Gasteiger partial charge < -0.3 is 15.0 Å². The van der Waals surface area contributed by atoms with E-state index in [9.17, 15) is 0 Å². The molecule has 1 aliphatic heterocycles. The Morgan fingerprint density at radius 2 is 2.50 bits per heavy atom. The van der Waals surface area contributed by atoms with Crippen molar-refractivity contribution in [2.75, 3.05) is 18.5 Å². The van der Waals surface area contributed by atoms with Crippen LogP contribution in [-0.4, -0.2) is 33.0 Å². The van der Waals surface area contributed by atoms with E-state index in [2.05, 4.69) is 20.4 Å². The van der Waals surface area contributed by atoms with Gasteiger partial charge >= 0.3 is 0 Å².